The van der Waals surface area contributed by atoms with Crippen LogP contribution in [-0.4, -0.2) is 33.2 Å². The Morgan fingerprint density at radius 1 is 1.35 bits per heavy atom. The zero-order chi connectivity index (χ0) is 11.7. The van der Waals surface area contributed by atoms with Gasteiger partial charge < -0.3 is 10.2 Å². The third-order valence-electron chi connectivity index (χ3n) is 3.00. The van der Waals surface area contributed by atoms with E-state index in [1.54, 1.807) is 10.7 Å². The first kappa shape index (κ1) is 10.5. The van der Waals surface area contributed by atoms with Gasteiger partial charge in [0.2, 0.25) is 0 Å². The van der Waals surface area contributed by atoms with Crippen LogP contribution in [0.2, 0.25) is 0 Å². The summed E-state index contributed by atoms with van der Waals surface area (Å²) in [5, 5.41) is 7.19. The van der Waals surface area contributed by atoms with Gasteiger partial charge in [0.05, 0.1) is 11.7 Å². The van der Waals surface area contributed by atoms with Crippen LogP contribution >= 0.6 is 12.2 Å². The SMILES string of the molecule is S=CNc1cnn2ccc(N3CCCC3)nc12. The van der Waals surface area contributed by atoms with E-state index in [1.165, 1.54) is 18.3 Å². The largest absolute Gasteiger partial charge is 0.356 e. The first-order valence-corrected chi connectivity index (χ1v) is 6.15. The first-order chi connectivity index (χ1) is 8.38. The van der Waals surface area contributed by atoms with Crippen molar-refractivity contribution in [3.8, 4) is 0 Å². The van der Waals surface area contributed by atoms with Gasteiger partial charge in [0.25, 0.3) is 0 Å². The van der Waals surface area contributed by atoms with Crippen LogP contribution in [0.25, 0.3) is 5.65 Å². The van der Waals surface area contributed by atoms with Crippen LogP contribution in [0.15, 0.2) is 18.5 Å². The minimum Gasteiger partial charge on any atom is -0.356 e. The number of fused-ring (bicyclic) bond motifs is 1. The molecule has 0 aromatic carbocycles. The molecule has 3 heterocycles. The zero-order valence-electron chi connectivity index (χ0n) is 9.33. The van der Waals surface area contributed by atoms with Crippen molar-refractivity contribution >= 4 is 34.9 Å². The highest BCUT2D eigenvalue weighted by Crippen LogP contribution is 2.21. The second-order valence-electron chi connectivity index (χ2n) is 4.07. The van der Waals surface area contributed by atoms with E-state index in [0.717, 1.165) is 30.2 Å². The topological polar surface area (TPSA) is 45.5 Å². The molecule has 3 rings (SSSR count). The van der Waals surface area contributed by atoms with E-state index in [0.29, 0.717) is 0 Å². The molecular formula is C11H13N5S. The summed E-state index contributed by atoms with van der Waals surface area (Å²) >= 11 is 4.79. The van der Waals surface area contributed by atoms with E-state index in [1.807, 2.05) is 12.3 Å². The number of anilines is 2. The smallest absolute Gasteiger partial charge is 0.180 e. The number of hydrogen-bond acceptors (Lipinski definition) is 4. The summed E-state index contributed by atoms with van der Waals surface area (Å²) in [7, 11) is 0. The molecule has 0 amide bonds. The van der Waals surface area contributed by atoms with Crippen LogP contribution in [0.5, 0.6) is 0 Å². The van der Waals surface area contributed by atoms with Gasteiger partial charge in [-0.25, -0.2) is 9.50 Å². The van der Waals surface area contributed by atoms with Gasteiger partial charge in [0.15, 0.2) is 5.65 Å². The minimum absolute atomic E-state index is 0.815. The lowest BCUT2D eigenvalue weighted by atomic mass is 10.4. The van der Waals surface area contributed by atoms with E-state index in [4.69, 9.17) is 12.2 Å². The van der Waals surface area contributed by atoms with Crippen molar-refractivity contribution in [1.82, 2.24) is 14.6 Å². The Morgan fingerprint density at radius 2 is 2.18 bits per heavy atom. The molecule has 17 heavy (non-hydrogen) atoms. The van der Waals surface area contributed by atoms with Crippen molar-refractivity contribution < 1.29 is 0 Å². The lowest BCUT2D eigenvalue weighted by Gasteiger charge is -2.16. The number of hydrogen-bond donors (Lipinski definition) is 1. The molecule has 2 aromatic heterocycles. The molecule has 0 radical (unpaired) electrons. The Labute approximate surface area is 104 Å². The van der Waals surface area contributed by atoms with Gasteiger partial charge in [-0.05, 0) is 18.9 Å². The molecule has 2 aromatic rings. The van der Waals surface area contributed by atoms with Crippen molar-refractivity contribution in [3.63, 3.8) is 0 Å². The van der Waals surface area contributed by atoms with Crippen molar-refractivity contribution in [2.24, 2.45) is 0 Å². The van der Waals surface area contributed by atoms with Gasteiger partial charge in [0.1, 0.15) is 11.5 Å². The third kappa shape index (κ3) is 1.84. The van der Waals surface area contributed by atoms with Crippen LogP contribution in [0.3, 0.4) is 0 Å². The van der Waals surface area contributed by atoms with Crippen molar-refractivity contribution in [2.45, 2.75) is 12.8 Å². The summed E-state index contributed by atoms with van der Waals surface area (Å²) in [5.41, 5.74) is 3.14. The van der Waals surface area contributed by atoms with Gasteiger partial charge in [-0.3, -0.25) is 0 Å². The average Bonchev–Trinajstić information content (AvgIpc) is 2.98. The molecule has 0 atom stereocenters. The molecule has 1 N–H and O–H groups in total. The maximum Gasteiger partial charge on any atom is 0.180 e. The predicted molar refractivity (Wildman–Crippen MR) is 71.7 cm³/mol. The molecule has 1 aliphatic heterocycles. The first-order valence-electron chi connectivity index (χ1n) is 5.68. The lowest BCUT2D eigenvalue weighted by molar-refractivity contribution is 0.899. The van der Waals surface area contributed by atoms with Crippen LogP contribution < -0.4 is 10.2 Å². The lowest BCUT2D eigenvalue weighted by Crippen LogP contribution is -2.19. The number of rotatable bonds is 3. The Balaban J connectivity index is 2.03. The van der Waals surface area contributed by atoms with Crippen molar-refractivity contribution in [3.05, 3.63) is 18.5 Å². The molecule has 5 nitrogen and oxygen atoms in total. The van der Waals surface area contributed by atoms with E-state index >= 15 is 0 Å². The molecule has 1 aliphatic rings. The van der Waals surface area contributed by atoms with Crippen LogP contribution in [0, 0.1) is 0 Å². The molecule has 88 valence electrons. The molecule has 0 unspecified atom stereocenters. The van der Waals surface area contributed by atoms with E-state index in [-0.39, 0.29) is 0 Å². The highest BCUT2D eigenvalue weighted by molar-refractivity contribution is 7.79. The van der Waals surface area contributed by atoms with E-state index < -0.39 is 0 Å². The molecule has 1 saturated heterocycles. The average molecular weight is 247 g/mol. The number of aromatic nitrogens is 3. The van der Waals surface area contributed by atoms with Crippen LogP contribution in [0.1, 0.15) is 12.8 Å². The summed E-state index contributed by atoms with van der Waals surface area (Å²) < 4.78 is 1.75. The molecule has 0 bridgehead atoms. The number of nitrogens with one attached hydrogen (secondary N) is 1. The van der Waals surface area contributed by atoms with Gasteiger partial charge in [-0.1, -0.05) is 12.2 Å². The summed E-state index contributed by atoms with van der Waals surface area (Å²) in [6.07, 6.45) is 6.16. The molecule has 1 fully saturated rings. The van der Waals surface area contributed by atoms with Gasteiger partial charge in [0, 0.05) is 19.3 Å². The Kier molecular flexibility index (Phi) is 2.64. The Hall–Kier alpha value is -1.69. The maximum atomic E-state index is 4.79. The van der Waals surface area contributed by atoms with Gasteiger partial charge in [-0.15, -0.1) is 0 Å². The van der Waals surface area contributed by atoms with Gasteiger partial charge >= 0.3 is 0 Å². The summed E-state index contributed by atoms with van der Waals surface area (Å²) in [4.78, 5) is 6.93. The second-order valence-corrected chi connectivity index (χ2v) is 4.30. The normalized spacial score (nSPS) is 15.4. The summed E-state index contributed by atoms with van der Waals surface area (Å²) in [6, 6.07) is 2.01. The molecule has 0 aliphatic carbocycles. The Bertz CT molecular complexity index is 544. The Morgan fingerprint density at radius 3 is 2.94 bits per heavy atom. The van der Waals surface area contributed by atoms with Gasteiger partial charge in [-0.2, -0.15) is 5.10 Å². The quantitative estimate of drug-likeness (QED) is 0.836. The highest BCUT2D eigenvalue weighted by atomic mass is 32.1. The van der Waals surface area contributed by atoms with Crippen LogP contribution in [0.4, 0.5) is 11.5 Å². The van der Waals surface area contributed by atoms with Crippen molar-refractivity contribution in [1.29, 1.82) is 0 Å². The highest BCUT2D eigenvalue weighted by Gasteiger charge is 2.14. The fourth-order valence-corrected chi connectivity index (χ4v) is 2.27. The summed E-state index contributed by atoms with van der Waals surface area (Å²) in [6.45, 7) is 2.18. The van der Waals surface area contributed by atoms with E-state index in [2.05, 4.69) is 20.3 Å². The van der Waals surface area contributed by atoms with Crippen LogP contribution in [-0.2, 0) is 0 Å². The number of thiocarbonyl (C=S) groups is 1. The zero-order valence-corrected chi connectivity index (χ0v) is 10.2. The second kappa shape index (κ2) is 4.29. The molecule has 6 heteroatoms. The fraction of sp³-hybridized carbons (Fsp3) is 0.364. The monoisotopic (exact) mass is 247 g/mol. The standard InChI is InChI=1S/C11H13N5S/c17-8-12-9-7-13-16-6-3-10(14-11(9)16)15-4-1-2-5-15/h3,6-8H,1-2,4-5H2,(H,12,17). The maximum absolute atomic E-state index is 4.79. The molecule has 0 spiro atoms. The van der Waals surface area contributed by atoms with E-state index in [9.17, 15) is 0 Å². The third-order valence-corrected chi connectivity index (χ3v) is 3.12. The molecular weight excluding hydrogens is 234 g/mol. The summed E-state index contributed by atoms with van der Waals surface area (Å²) in [5.74, 6) is 1.02. The molecule has 0 saturated carbocycles. The predicted octanol–water partition coefficient (Wildman–Crippen LogP) is 1.70. The fourth-order valence-electron chi connectivity index (χ4n) is 2.15. The minimum atomic E-state index is 0.815. The van der Waals surface area contributed by atoms with Crippen molar-refractivity contribution in [2.75, 3.05) is 23.3 Å². The number of nitrogens with zero attached hydrogens (tertiary/aromatic N) is 4.